The molecule has 0 aromatic carbocycles. The van der Waals surface area contributed by atoms with Crippen LogP contribution in [0.25, 0.3) is 0 Å². The number of carbonyl (C=O) groups excluding carboxylic acids is 2. The van der Waals surface area contributed by atoms with Crippen LogP contribution in [-0.4, -0.2) is 56.1 Å². The topological polar surface area (TPSA) is 84.7 Å². The molecule has 2 amide bonds. The maximum absolute atomic E-state index is 11.9. The molecule has 0 aromatic heterocycles. The maximum Gasteiger partial charge on any atom is 0.248 e. The van der Waals surface area contributed by atoms with E-state index in [-0.39, 0.29) is 36.7 Å². The Bertz CT molecular complexity index is 303. The van der Waals surface area contributed by atoms with Gasteiger partial charge in [0.25, 0.3) is 0 Å². The molecular formula is C13H26ClN3O3. The molecule has 1 saturated heterocycles. The fourth-order valence-electron chi connectivity index (χ4n) is 2.15. The summed E-state index contributed by atoms with van der Waals surface area (Å²) in [4.78, 5) is 25.5. The largest absolute Gasteiger partial charge is 0.372 e. The Morgan fingerprint density at radius 3 is 2.85 bits per heavy atom. The van der Waals surface area contributed by atoms with Crippen LogP contribution >= 0.6 is 12.4 Å². The Labute approximate surface area is 126 Å². The van der Waals surface area contributed by atoms with Crippen LogP contribution in [0.4, 0.5) is 0 Å². The van der Waals surface area contributed by atoms with Gasteiger partial charge in [0.1, 0.15) is 6.61 Å². The zero-order valence-corrected chi connectivity index (χ0v) is 12.9. The molecule has 0 spiro atoms. The lowest BCUT2D eigenvalue weighted by Gasteiger charge is -2.32. The Morgan fingerprint density at radius 2 is 2.20 bits per heavy atom. The van der Waals surface area contributed by atoms with E-state index in [1.807, 2.05) is 6.92 Å². The van der Waals surface area contributed by atoms with Gasteiger partial charge in [-0.15, -0.1) is 12.4 Å². The summed E-state index contributed by atoms with van der Waals surface area (Å²) in [6, 6.07) is 0. The third-order valence-corrected chi connectivity index (χ3v) is 3.16. The van der Waals surface area contributed by atoms with Crippen molar-refractivity contribution in [3.05, 3.63) is 0 Å². The van der Waals surface area contributed by atoms with Gasteiger partial charge < -0.3 is 20.7 Å². The number of nitrogens with two attached hydrogens (primary N) is 1. The van der Waals surface area contributed by atoms with Gasteiger partial charge in [0.05, 0.1) is 5.92 Å². The van der Waals surface area contributed by atoms with Crippen molar-refractivity contribution in [3.63, 3.8) is 0 Å². The second-order valence-electron chi connectivity index (χ2n) is 4.81. The number of ether oxygens (including phenoxy) is 1. The van der Waals surface area contributed by atoms with E-state index in [1.165, 1.54) is 0 Å². The highest BCUT2D eigenvalue weighted by Gasteiger charge is 2.27. The molecule has 1 aliphatic rings. The summed E-state index contributed by atoms with van der Waals surface area (Å²) < 4.78 is 5.25. The van der Waals surface area contributed by atoms with Crippen molar-refractivity contribution in [2.75, 3.05) is 39.4 Å². The smallest absolute Gasteiger partial charge is 0.248 e. The van der Waals surface area contributed by atoms with Crippen molar-refractivity contribution in [1.29, 1.82) is 0 Å². The number of nitrogens with zero attached hydrogens (tertiary/aromatic N) is 1. The molecular weight excluding hydrogens is 282 g/mol. The lowest BCUT2D eigenvalue weighted by molar-refractivity contribution is -0.139. The van der Waals surface area contributed by atoms with E-state index in [9.17, 15) is 9.59 Å². The molecule has 1 fully saturated rings. The molecule has 3 N–H and O–H groups in total. The van der Waals surface area contributed by atoms with Crippen molar-refractivity contribution in [3.8, 4) is 0 Å². The standard InChI is InChI=1S/C13H25N3O3.ClH/c1-2-8-19-10-12(17)16-7-3-4-11(9-16)13(18)15-6-5-14;/h11H,2-10,14H2,1H3,(H,15,18);1H. The molecule has 0 aliphatic carbocycles. The molecule has 0 saturated carbocycles. The van der Waals surface area contributed by atoms with E-state index < -0.39 is 0 Å². The minimum Gasteiger partial charge on any atom is -0.372 e. The van der Waals surface area contributed by atoms with Crippen LogP contribution < -0.4 is 11.1 Å². The highest BCUT2D eigenvalue weighted by atomic mass is 35.5. The summed E-state index contributed by atoms with van der Waals surface area (Å²) in [7, 11) is 0. The van der Waals surface area contributed by atoms with Crippen LogP contribution in [0.2, 0.25) is 0 Å². The number of nitrogens with one attached hydrogen (secondary N) is 1. The van der Waals surface area contributed by atoms with Gasteiger partial charge in [-0.05, 0) is 19.3 Å². The van der Waals surface area contributed by atoms with E-state index in [1.54, 1.807) is 4.90 Å². The van der Waals surface area contributed by atoms with Crippen LogP contribution in [0.1, 0.15) is 26.2 Å². The third kappa shape index (κ3) is 6.54. The normalized spacial score (nSPS) is 18.3. The number of hydrogen-bond donors (Lipinski definition) is 2. The number of hydrogen-bond acceptors (Lipinski definition) is 4. The molecule has 0 aromatic rings. The van der Waals surface area contributed by atoms with Gasteiger partial charge in [0.15, 0.2) is 0 Å². The number of halogens is 1. The number of piperidine rings is 1. The van der Waals surface area contributed by atoms with Gasteiger partial charge in [0.2, 0.25) is 11.8 Å². The molecule has 7 heteroatoms. The SMILES string of the molecule is CCCOCC(=O)N1CCCC(C(=O)NCCN)C1.Cl. The van der Waals surface area contributed by atoms with Crippen LogP contribution in [0, 0.1) is 5.92 Å². The van der Waals surface area contributed by atoms with E-state index in [4.69, 9.17) is 10.5 Å². The van der Waals surface area contributed by atoms with Gasteiger partial charge in [-0.1, -0.05) is 6.92 Å². The zero-order valence-electron chi connectivity index (χ0n) is 12.1. The highest BCUT2D eigenvalue weighted by molar-refractivity contribution is 5.85. The van der Waals surface area contributed by atoms with Crippen LogP contribution in [0.5, 0.6) is 0 Å². The molecule has 1 unspecified atom stereocenters. The van der Waals surface area contributed by atoms with Gasteiger partial charge in [0, 0.05) is 32.8 Å². The van der Waals surface area contributed by atoms with E-state index in [0.29, 0.717) is 26.2 Å². The van der Waals surface area contributed by atoms with Crippen molar-refractivity contribution < 1.29 is 14.3 Å². The Kier molecular flexibility index (Phi) is 10.4. The second-order valence-corrected chi connectivity index (χ2v) is 4.81. The minimum atomic E-state index is -0.115. The molecule has 118 valence electrons. The minimum absolute atomic E-state index is 0. The predicted molar refractivity (Wildman–Crippen MR) is 79.7 cm³/mol. The third-order valence-electron chi connectivity index (χ3n) is 3.16. The van der Waals surface area contributed by atoms with Crippen LogP contribution in [0.3, 0.4) is 0 Å². The fourth-order valence-corrected chi connectivity index (χ4v) is 2.15. The highest BCUT2D eigenvalue weighted by Crippen LogP contribution is 2.16. The molecule has 1 heterocycles. The second kappa shape index (κ2) is 10.9. The summed E-state index contributed by atoms with van der Waals surface area (Å²) in [5.74, 6) is -0.141. The zero-order chi connectivity index (χ0) is 14.1. The van der Waals surface area contributed by atoms with Gasteiger partial charge in [-0.25, -0.2) is 0 Å². The Morgan fingerprint density at radius 1 is 1.45 bits per heavy atom. The van der Waals surface area contributed by atoms with Crippen LogP contribution in [0.15, 0.2) is 0 Å². The molecule has 1 atom stereocenters. The number of likely N-dealkylation sites (tertiary alicyclic amines) is 1. The van der Waals surface area contributed by atoms with Crippen molar-refractivity contribution in [2.24, 2.45) is 11.7 Å². The average molecular weight is 308 g/mol. The molecule has 1 aliphatic heterocycles. The number of carbonyl (C=O) groups is 2. The van der Waals surface area contributed by atoms with E-state index in [0.717, 1.165) is 25.8 Å². The quantitative estimate of drug-likeness (QED) is 0.656. The maximum atomic E-state index is 11.9. The first-order valence-corrected chi connectivity index (χ1v) is 7.02. The van der Waals surface area contributed by atoms with Crippen molar-refractivity contribution >= 4 is 24.2 Å². The molecule has 1 rings (SSSR count). The van der Waals surface area contributed by atoms with Gasteiger partial charge in [-0.2, -0.15) is 0 Å². The monoisotopic (exact) mass is 307 g/mol. The lowest BCUT2D eigenvalue weighted by Crippen LogP contribution is -2.47. The van der Waals surface area contributed by atoms with E-state index >= 15 is 0 Å². The van der Waals surface area contributed by atoms with Crippen LogP contribution in [-0.2, 0) is 14.3 Å². The van der Waals surface area contributed by atoms with E-state index in [2.05, 4.69) is 5.32 Å². The van der Waals surface area contributed by atoms with Gasteiger partial charge in [-0.3, -0.25) is 9.59 Å². The molecule has 0 bridgehead atoms. The Balaban J connectivity index is 0.00000361. The lowest BCUT2D eigenvalue weighted by atomic mass is 9.97. The summed E-state index contributed by atoms with van der Waals surface area (Å²) in [6.07, 6.45) is 2.59. The van der Waals surface area contributed by atoms with Gasteiger partial charge >= 0.3 is 0 Å². The summed E-state index contributed by atoms with van der Waals surface area (Å²) >= 11 is 0. The Hall–Kier alpha value is -0.850. The first-order valence-electron chi connectivity index (χ1n) is 7.02. The first kappa shape index (κ1) is 19.1. The number of amides is 2. The summed E-state index contributed by atoms with van der Waals surface area (Å²) in [5, 5.41) is 2.78. The first-order chi connectivity index (χ1) is 9.19. The molecule has 20 heavy (non-hydrogen) atoms. The predicted octanol–water partition coefficient (Wildman–Crippen LogP) is 0.148. The number of rotatable bonds is 7. The fraction of sp³-hybridized carbons (Fsp3) is 0.846. The molecule has 0 radical (unpaired) electrons. The van der Waals surface area contributed by atoms with Crippen molar-refractivity contribution in [1.82, 2.24) is 10.2 Å². The summed E-state index contributed by atoms with van der Waals surface area (Å²) in [5.41, 5.74) is 5.35. The molecule has 6 nitrogen and oxygen atoms in total. The van der Waals surface area contributed by atoms with Crippen molar-refractivity contribution in [2.45, 2.75) is 26.2 Å². The average Bonchev–Trinajstić information content (AvgIpc) is 2.45. The summed E-state index contributed by atoms with van der Waals surface area (Å²) in [6.45, 7) is 4.85.